The van der Waals surface area contributed by atoms with E-state index < -0.39 is 0 Å². The molecule has 2 heterocycles. The number of fused-ring (bicyclic) bond motifs is 2. The highest BCUT2D eigenvalue weighted by Gasteiger charge is 2.20. The van der Waals surface area contributed by atoms with Crippen LogP contribution < -0.4 is 10.1 Å². The van der Waals surface area contributed by atoms with E-state index >= 15 is 0 Å². The van der Waals surface area contributed by atoms with Gasteiger partial charge in [0, 0.05) is 10.9 Å². The molecular formula is C26H21N3O2S. The van der Waals surface area contributed by atoms with Gasteiger partial charge in [-0.1, -0.05) is 59.9 Å². The molecule has 0 spiro atoms. The Hall–Kier alpha value is -3.77. The van der Waals surface area contributed by atoms with Gasteiger partial charge in [-0.2, -0.15) is 0 Å². The van der Waals surface area contributed by atoms with Crippen LogP contribution in [0.2, 0.25) is 0 Å². The van der Waals surface area contributed by atoms with Crippen LogP contribution in [0, 0.1) is 6.92 Å². The Morgan fingerprint density at radius 1 is 0.969 bits per heavy atom. The molecule has 32 heavy (non-hydrogen) atoms. The van der Waals surface area contributed by atoms with E-state index in [1.807, 2.05) is 86.6 Å². The Labute approximate surface area is 189 Å². The molecule has 1 amide bonds. The van der Waals surface area contributed by atoms with E-state index in [2.05, 4.69) is 10.3 Å². The van der Waals surface area contributed by atoms with Crippen molar-refractivity contribution in [3.63, 3.8) is 0 Å². The molecule has 5 aromatic rings. The van der Waals surface area contributed by atoms with Gasteiger partial charge in [0.15, 0.2) is 5.13 Å². The van der Waals surface area contributed by atoms with Gasteiger partial charge in [0.1, 0.15) is 5.75 Å². The number of carbonyl (C=O) groups is 1. The number of nitrogens with one attached hydrogen (secondary N) is 1. The van der Waals surface area contributed by atoms with E-state index in [4.69, 9.17) is 9.72 Å². The summed E-state index contributed by atoms with van der Waals surface area (Å²) in [5.74, 6) is 0.604. The maximum Gasteiger partial charge on any atom is 0.258 e. The second-order valence-corrected chi connectivity index (χ2v) is 8.41. The van der Waals surface area contributed by atoms with Gasteiger partial charge < -0.3 is 4.74 Å². The minimum atomic E-state index is -0.192. The van der Waals surface area contributed by atoms with Gasteiger partial charge in [0.2, 0.25) is 0 Å². The fourth-order valence-corrected chi connectivity index (χ4v) is 4.74. The Morgan fingerprint density at radius 3 is 2.56 bits per heavy atom. The maximum absolute atomic E-state index is 13.5. The van der Waals surface area contributed by atoms with Crippen LogP contribution in [0.4, 0.5) is 5.13 Å². The quantitative estimate of drug-likeness (QED) is 0.341. The van der Waals surface area contributed by atoms with Crippen molar-refractivity contribution in [1.29, 1.82) is 0 Å². The molecule has 0 saturated heterocycles. The number of para-hydroxylation sites is 1. The average molecular weight is 440 g/mol. The van der Waals surface area contributed by atoms with Crippen molar-refractivity contribution in [3.8, 4) is 17.0 Å². The molecule has 0 atom stereocenters. The highest BCUT2D eigenvalue weighted by atomic mass is 32.1. The third kappa shape index (κ3) is 3.69. The molecule has 0 unspecified atom stereocenters. The second-order valence-electron chi connectivity index (χ2n) is 7.38. The number of aromatic nitrogens is 2. The topological polar surface area (TPSA) is 64.1 Å². The van der Waals surface area contributed by atoms with Crippen LogP contribution in [-0.4, -0.2) is 22.5 Å². The molecule has 5 nitrogen and oxygen atoms in total. The van der Waals surface area contributed by atoms with Crippen LogP contribution in [0.5, 0.6) is 5.75 Å². The summed E-state index contributed by atoms with van der Waals surface area (Å²) < 4.78 is 6.54. The third-order valence-electron chi connectivity index (χ3n) is 5.30. The number of benzene rings is 3. The number of rotatable bonds is 5. The molecule has 6 heteroatoms. The van der Waals surface area contributed by atoms with Gasteiger partial charge >= 0.3 is 0 Å². The Morgan fingerprint density at radius 2 is 1.75 bits per heavy atom. The van der Waals surface area contributed by atoms with Gasteiger partial charge in [-0.25, -0.2) is 9.97 Å². The van der Waals surface area contributed by atoms with Gasteiger partial charge in [-0.15, -0.1) is 0 Å². The summed E-state index contributed by atoms with van der Waals surface area (Å²) >= 11 is 1.43. The van der Waals surface area contributed by atoms with Crippen molar-refractivity contribution in [3.05, 3.63) is 83.9 Å². The van der Waals surface area contributed by atoms with E-state index in [1.54, 1.807) is 0 Å². The molecule has 3 aromatic carbocycles. The standard InChI is InChI=1S/C26H21N3O2S/c1-3-31-18-13-14-21-22(15-18)32-26(28-21)29-25(30)23-16(2)24(17-9-5-4-6-10-17)27-20-12-8-7-11-19(20)23/h4-15H,3H2,1-2H3,(H,28,29,30). The largest absolute Gasteiger partial charge is 0.494 e. The molecule has 158 valence electrons. The highest BCUT2D eigenvalue weighted by molar-refractivity contribution is 7.22. The van der Waals surface area contributed by atoms with E-state index in [-0.39, 0.29) is 5.91 Å². The lowest BCUT2D eigenvalue weighted by Crippen LogP contribution is -2.15. The molecule has 0 fully saturated rings. The summed E-state index contributed by atoms with van der Waals surface area (Å²) in [7, 11) is 0. The molecule has 0 saturated carbocycles. The number of pyridine rings is 1. The minimum absolute atomic E-state index is 0.192. The van der Waals surface area contributed by atoms with Crippen LogP contribution in [0.3, 0.4) is 0 Å². The van der Waals surface area contributed by atoms with E-state index in [0.29, 0.717) is 17.3 Å². The first-order chi connectivity index (χ1) is 15.6. The van der Waals surface area contributed by atoms with Gasteiger partial charge in [0.25, 0.3) is 5.91 Å². The monoisotopic (exact) mass is 439 g/mol. The lowest BCUT2D eigenvalue weighted by Gasteiger charge is -2.14. The fourth-order valence-electron chi connectivity index (χ4n) is 3.85. The molecule has 2 aromatic heterocycles. The Balaban J connectivity index is 1.57. The molecular weight excluding hydrogens is 418 g/mol. The zero-order chi connectivity index (χ0) is 22.1. The summed E-state index contributed by atoms with van der Waals surface area (Å²) in [6.45, 7) is 4.50. The highest BCUT2D eigenvalue weighted by Crippen LogP contribution is 2.32. The predicted octanol–water partition coefficient (Wildman–Crippen LogP) is 6.47. The summed E-state index contributed by atoms with van der Waals surface area (Å²) in [5, 5.41) is 4.39. The second kappa shape index (κ2) is 8.40. The Bertz CT molecular complexity index is 1440. The zero-order valence-electron chi connectivity index (χ0n) is 17.8. The summed E-state index contributed by atoms with van der Waals surface area (Å²) in [6.07, 6.45) is 0. The van der Waals surface area contributed by atoms with Crippen molar-refractivity contribution in [2.45, 2.75) is 13.8 Å². The summed E-state index contributed by atoms with van der Waals surface area (Å²) in [6, 6.07) is 23.4. The first kappa shape index (κ1) is 20.2. The first-order valence-electron chi connectivity index (χ1n) is 10.4. The summed E-state index contributed by atoms with van der Waals surface area (Å²) in [4.78, 5) is 22.9. The van der Waals surface area contributed by atoms with Crippen molar-refractivity contribution in [2.24, 2.45) is 0 Å². The number of hydrogen-bond donors (Lipinski definition) is 1. The lowest BCUT2D eigenvalue weighted by atomic mass is 9.97. The van der Waals surface area contributed by atoms with Gasteiger partial charge in [0.05, 0.1) is 33.6 Å². The van der Waals surface area contributed by atoms with Crippen molar-refractivity contribution >= 4 is 43.5 Å². The number of ether oxygens (including phenoxy) is 1. The van der Waals surface area contributed by atoms with Crippen LogP contribution in [-0.2, 0) is 0 Å². The maximum atomic E-state index is 13.5. The molecule has 0 aliphatic rings. The molecule has 0 aliphatic heterocycles. The number of anilines is 1. The predicted molar refractivity (Wildman–Crippen MR) is 131 cm³/mol. The van der Waals surface area contributed by atoms with Crippen molar-refractivity contribution in [2.75, 3.05) is 11.9 Å². The minimum Gasteiger partial charge on any atom is -0.494 e. The lowest BCUT2D eigenvalue weighted by molar-refractivity contribution is 0.102. The SMILES string of the molecule is CCOc1ccc2nc(NC(=O)c3c(C)c(-c4ccccc4)nc4ccccc34)sc2c1. The van der Waals surface area contributed by atoms with Crippen molar-refractivity contribution in [1.82, 2.24) is 9.97 Å². The fraction of sp³-hybridized carbons (Fsp3) is 0.115. The van der Waals surface area contributed by atoms with Crippen LogP contribution in [0.1, 0.15) is 22.8 Å². The van der Waals surface area contributed by atoms with Crippen LogP contribution in [0.15, 0.2) is 72.8 Å². The number of thiazole rings is 1. The number of amides is 1. The molecule has 0 radical (unpaired) electrons. The van der Waals surface area contributed by atoms with Crippen LogP contribution in [0.25, 0.3) is 32.4 Å². The van der Waals surface area contributed by atoms with Crippen LogP contribution >= 0.6 is 11.3 Å². The van der Waals surface area contributed by atoms with E-state index in [1.165, 1.54) is 11.3 Å². The number of carbonyl (C=O) groups excluding carboxylic acids is 1. The number of nitrogens with zero attached hydrogens (tertiary/aromatic N) is 2. The van der Waals surface area contributed by atoms with E-state index in [9.17, 15) is 4.79 Å². The normalized spacial score (nSPS) is 11.1. The smallest absolute Gasteiger partial charge is 0.258 e. The number of hydrogen-bond acceptors (Lipinski definition) is 5. The third-order valence-corrected chi connectivity index (χ3v) is 6.24. The molecule has 5 rings (SSSR count). The summed E-state index contributed by atoms with van der Waals surface area (Å²) in [5.41, 5.74) is 4.85. The Kier molecular flexibility index (Phi) is 5.29. The average Bonchev–Trinajstić information content (AvgIpc) is 3.20. The van der Waals surface area contributed by atoms with Crippen molar-refractivity contribution < 1.29 is 9.53 Å². The first-order valence-corrected chi connectivity index (χ1v) is 11.2. The van der Waals surface area contributed by atoms with Gasteiger partial charge in [-0.05, 0) is 43.7 Å². The molecule has 0 bridgehead atoms. The molecule has 0 aliphatic carbocycles. The van der Waals surface area contributed by atoms with E-state index in [0.717, 1.165) is 43.7 Å². The zero-order valence-corrected chi connectivity index (χ0v) is 18.6. The van der Waals surface area contributed by atoms with Gasteiger partial charge in [-0.3, -0.25) is 10.1 Å². The molecule has 1 N–H and O–H groups in total.